The molecule has 1 aromatic carbocycles. The lowest BCUT2D eigenvalue weighted by Gasteiger charge is -2.10. The maximum atomic E-state index is 11.6. The van der Waals surface area contributed by atoms with Crippen molar-refractivity contribution >= 4 is 21.7 Å². The van der Waals surface area contributed by atoms with Crippen LogP contribution in [0.5, 0.6) is 0 Å². The minimum absolute atomic E-state index is 0.206. The van der Waals surface area contributed by atoms with Crippen LogP contribution in [-0.2, 0) is 21.4 Å². The van der Waals surface area contributed by atoms with E-state index in [0.717, 1.165) is 0 Å². The number of carboxylic acid groups (broad SMARTS) is 1. The zero-order valence-corrected chi connectivity index (χ0v) is 9.90. The highest BCUT2D eigenvalue weighted by Crippen LogP contribution is 2.16. The molecule has 0 atom stereocenters. The Hall–Kier alpha value is -1.60. The molecule has 94 valence electrons. The molecule has 0 bridgehead atoms. The molecule has 6 nitrogen and oxygen atoms in total. The number of nitrogens with one attached hydrogen (secondary N) is 1. The molecule has 0 aliphatic heterocycles. The summed E-state index contributed by atoms with van der Waals surface area (Å²) in [6, 6.07) is 6.71. The molecular formula is C10H14N2O4S. The van der Waals surface area contributed by atoms with Crippen molar-refractivity contribution in [3.05, 3.63) is 29.8 Å². The quantitative estimate of drug-likeness (QED) is 0.682. The summed E-state index contributed by atoms with van der Waals surface area (Å²) in [5, 5.41) is 8.43. The Morgan fingerprint density at radius 1 is 1.35 bits per heavy atom. The van der Waals surface area contributed by atoms with Gasteiger partial charge in [0, 0.05) is 6.54 Å². The van der Waals surface area contributed by atoms with Gasteiger partial charge in [-0.1, -0.05) is 18.2 Å². The van der Waals surface area contributed by atoms with Crippen LogP contribution in [0, 0.1) is 0 Å². The summed E-state index contributed by atoms with van der Waals surface area (Å²) >= 11 is 0. The van der Waals surface area contributed by atoms with Crippen molar-refractivity contribution in [1.29, 1.82) is 0 Å². The van der Waals surface area contributed by atoms with E-state index in [-0.39, 0.29) is 6.54 Å². The van der Waals surface area contributed by atoms with Crippen LogP contribution >= 0.6 is 0 Å². The second-order valence-corrected chi connectivity index (χ2v) is 5.27. The zero-order valence-electron chi connectivity index (χ0n) is 9.09. The van der Waals surface area contributed by atoms with Gasteiger partial charge in [0.25, 0.3) is 0 Å². The number of hydrogen-bond donors (Lipinski definition) is 3. The summed E-state index contributed by atoms with van der Waals surface area (Å²) in [5.41, 5.74) is 6.51. The first-order valence-electron chi connectivity index (χ1n) is 4.95. The molecule has 0 fully saturated rings. The summed E-state index contributed by atoms with van der Waals surface area (Å²) in [6.45, 7) is 0.206. The van der Waals surface area contributed by atoms with Crippen molar-refractivity contribution < 1.29 is 18.3 Å². The van der Waals surface area contributed by atoms with Crippen LogP contribution in [0.1, 0.15) is 12.0 Å². The molecule has 0 saturated heterocycles. The molecule has 0 spiro atoms. The van der Waals surface area contributed by atoms with E-state index in [1.54, 1.807) is 24.3 Å². The Bertz CT molecular complexity index is 499. The molecule has 0 heterocycles. The van der Waals surface area contributed by atoms with Gasteiger partial charge >= 0.3 is 5.97 Å². The third-order valence-electron chi connectivity index (χ3n) is 2.09. The SMILES string of the molecule is NCc1ccccc1NS(=O)(=O)CCC(=O)O. The molecule has 0 aliphatic rings. The molecule has 0 radical (unpaired) electrons. The maximum absolute atomic E-state index is 11.6. The number of carbonyl (C=O) groups is 1. The summed E-state index contributed by atoms with van der Waals surface area (Å²) in [4.78, 5) is 10.3. The van der Waals surface area contributed by atoms with E-state index in [4.69, 9.17) is 10.8 Å². The predicted octanol–water partition coefficient (Wildman–Crippen LogP) is 0.362. The monoisotopic (exact) mass is 258 g/mol. The average Bonchev–Trinajstić information content (AvgIpc) is 2.27. The molecule has 0 aliphatic carbocycles. The zero-order chi connectivity index (χ0) is 12.9. The van der Waals surface area contributed by atoms with Gasteiger partial charge in [-0.3, -0.25) is 9.52 Å². The van der Waals surface area contributed by atoms with Crippen molar-refractivity contribution in [1.82, 2.24) is 0 Å². The molecule has 0 unspecified atom stereocenters. The van der Waals surface area contributed by atoms with Crippen LogP contribution in [0.15, 0.2) is 24.3 Å². The Kier molecular flexibility index (Phi) is 4.47. The van der Waals surface area contributed by atoms with Gasteiger partial charge in [0.2, 0.25) is 10.0 Å². The van der Waals surface area contributed by atoms with Crippen LogP contribution in [0.3, 0.4) is 0 Å². The molecule has 0 aromatic heterocycles. The lowest BCUT2D eigenvalue weighted by atomic mass is 10.2. The van der Waals surface area contributed by atoms with Gasteiger partial charge < -0.3 is 10.8 Å². The van der Waals surface area contributed by atoms with E-state index in [0.29, 0.717) is 11.3 Å². The molecule has 0 saturated carbocycles. The number of sulfonamides is 1. The normalized spacial score (nSPS) is 11.1. The van der Waals surface area contributed by atoms with Gasteiger partial charge in [0.05, 0.1) is 17.9 Å². The Morgan fingerprint density at radius 2 is 2.00 bits per heavy atom. The van der Waals surface area contributed by atoms with Gasteiger partial charge in [-0.05, 0) is 11.6 Å². The van der Waals surface area contributed by atoms with E-state index < -0.39 is 28.2 Å². The number of anilines is 1. The van der Waals surface area contributed by atoms with Gasteiger partial charge in [-0.2, -0.15) is 0 Å². The van der Waals surface area contributed by atoms with Crippen molar-refractivity contribution in [3.63, 3.8) is 0 Å². The molecule has 7 heteroatoms. The fraction of sp³-hybridized carbons (Fsp3) is 0.300. The van der Waals surface area contributed by atoms with Crippen LogP contribution in [0.4, 0.5) is 5.69 Å². The minimum atomic E-state index is -3.65. The van der Waals surface area contributed by atoms with Crippen molar-refractivity contribution in [2.45, 2.75) is 13.0 Å². The predicted molar refractivity (Wildman–Crippen MR) is 64.0 cm³/mol. The minimum Gasteiger partial charge on any atom is -0.481 e. The van der Waals surface area contributed by atoms with Gasteiger partial charge in [0.1, 0.15) is 0 Å². The van der Waals surface area contributed by atoms with E-state index in [9.17, 15) is 13.2 Å². The number of aliphatic carboxylic acids is 1. The standard InChI is InChI=1S/C10H14N2O4S/c11-7-8-3-1-2-4-9(8)12-17(15,16)6-5-10(13)14/h1-4,12H,5-7,11H2,(H,13,14). The van der Waals surface area contributed by atoms with Crippen LogP contribution in [0.2, 0.25) is 0 Å². The summed E-state index contributed by atoms with van der Waals surface area (Å²) in [5.74, 6) is -1.61. The third kappa shape index (κ3) is 4.41. The van der Waals surface area contributed by atoms with Crippen molar-refractivity contribution in [2.75, 3.05) is 10.5 Å². The summed E-state index contributed by atoms with van der Waals surface area (Å²) in [7, 11) is -3.65. The third-order valence-corrected chi connectivity index (χ3v) is 3.36. The molecular weight excluding hydrogens is 244 g/mol. The van der Waals surface area contributed by atoms with Crippen LogP contribution in [-0.4, -0.2) is 25.2 Å². The lowest BCUT2D eigenvalue weighted by molar-refractivity contribution is -0.136. The fourth-order valence-electron chi connectivity index (χ4n) is 1.24. The second kappa shape index (κ2) is 5.65. The average molecular weight is 258 g/mol. The van der Waals surface area contributed by atoms with E-state index in [1.165, 1.54) is 0 Å². The Labute approximate surface area is 99.5 Å². The van der Waals surface area contributed by atoms with Crippen LogP contribution < -0.4 is 10.5 Å². The maximum Gasteiger partial charge on any atom is 0.304 e. The molecule has 1 rings (SSSR count). The summed E-state index contributed by atoms with van der Waals surface area (Å²) < 4.78 is 25.4. The molecule has 1 aromatic rings. The Morgan fingerprint density at radius 3 is 2.59 bits per heavy atom. The largest absolute Gasteiger partial charge is 0.481 e. The van der Waals surface area contributed by atoms with E-state index in [1.807, 2.05) is 0 Å². The number of hydrogen-bond acceptors (Lipinski definition) is 4. The molecule has 4 N–H and O–H groups in total. The number of nitrogens with two attached hydrogens (primary N) is 1. The molecule has 17 heavy (non-hydrogen) atoms. The van der Waals surface area contributed by atoms with E-state index in [2.05, 4.69) is 4.72 Å². The number of para-hydroxylation sites is 1. The topological polar surface area (TPSA) is 109 Å². The first-order chi connectivity index (χ1) is 7.94. The van der Waals surface area contributed by atoms with Crippen molar-refractivity contribution in [3.8, 4) is 0 Å². The van der Waals surface area contributed by atoms with Crippen LogP contribution in [0.25, 0.3) is 0 Å². The number of benzene rings is 1. The fourth-order valence-corrected chi connectivity index (χ4v) is 2.32. The van der Waals surface area contributed by atoms with Gasteiger partial charge in [-0.15, -0.1) is 0 Å². The first-order valence-corrected chi connectivity index (χ1v) is 6.60. The van der Waals surface area contributed by atoms with E-state index >= 15 is 0 Å². The number of carboxylic acids is 1. The molecule has 0 amide bonds. The van der Waals surface area contributed by atoms with Gasteiger partial charge in [-0.25, -0.2) is 8.42 Å². The first kappa shape index (κ1) is 13.5. The smallest absolute Gasteiger partial charge is 0.304 e. The van der Waals surface area contributed by atoms with Gasteiger partial charge in [0.15, 0.2) is 0 Å². The second-order valence-electron chi connectivity index (χ2n) is 3.43. The van der Waals surface area contributed by atoms with Crippen molar-refractivity contribution in [2.24, 2.45) is 5.73 Å². The highest BCUT2D eigenvalue weighted by atomic mass is 32.2. The Balaban J connectivity index is 2.79. The summed E-state index contributed by atoms with van der Waals surface area (Å²) in [6.07, 6.45) is -0.430. The number of rotatable bonds is 6. The highest BCUT2D eigenvalue weighted by Gasteiger charge is 2.14. The lowest BCUT2D eigenvalue weighted by Crippen LogP contribution is -2.20. The highest BCUT2D eigenvalue weighted by molar-refractivity contribution is 7.92.